The summed E-state index contributed by atoms with van der Waals surface area (Å²) in [5.74, 6) is 0. The highest BCUT2D eigenvalue weighted by atomic mass is 79.9. The number of benzene rings is 2. The average Bonchev–Trinajstić information content (AvgIpc) is 2.46. The van der Waals surface area contributed by atoms with Gasteiger partial charge in [0.1, 0.15) is 0 Å². The third-order valence-corrected chi connectivity index (χ3v) is 4.23. The molecular formula is C16H8BrClF3N. The van der Waals surface area contributed by atoms with E-state index in [1.54, 1.807) is 30.3 Å². The van der Waals surface area contributed by atoms with E-state index in [1.807, 2.05) is 0 Å². The van der Waals surface area contributed by atoms with Crippen LogP contribution in [0, 0.1) is 0 Å². The predicted molar refractivity (Wildman–Crippen MR) is 84.9 cm³/mol. The number of hydrogen-bond donors (Lipinski definition) is 0. The summed E-state index contributed by atoms with van der Waals surface area (Å²) in [5, 5.41) is 0.214. The molecule has 3 aromatic rings. The van der Waals surface area contributed by atoms with Gasteiger partial charge in [0.05, 0.1) is 21.2 Å². The van der Waals surface area contributed by atoms with E-state index in [4.69, 9.17) is 11.6 Å². The van der Waals surface area contributed by atoms with Crippen molar-refractivity contribution in [2.75, 3.05) is 0 Å². The molecule has 0 saturated heterocycles. The van der Waals surface area contributed by atoms with Crippen molar-refractivity contribution in [2.24, 2.45) is 0 Å². The minimum atomic E-state index is -4.52. The van der Waals surface area contributed by atoms with E-state index < -0.39 is 11.7 Å². The second-order valence-electron chi connectivity index (χ2n) is 4.67. The Morgan fingerprint density at radius 1 is 1.00 bits per heavy atom. The van der Waals surface area contributed by atoms with Crippen LogP contribution >= 0.6 is 27.5 Å². The normalized spacial score (nSPS) is 11.9. The Labute approximate surface area is 137 Å². The fraction of sp³-hybridized carbons (Fsp3) is 0.0625. The molecular weight excluding hydrogens is 379 g/mol. The first kappa shape index (κ1) is 15.3. The van der Waals surface area contributed by atoms with Gasteiger partial charge in [0, 0.05) is 16.0 Å². The smallest absolute Gasteiger partial charge is 0.247 e. The van der Waals surface area contributed by atoms with E-state index in [-0.39, 0.29) is 26.1 Å². The fourth-order valence-electron chi connectivity index (χ4n) is 2.28. The molecule has 1 nitrogen and oxygen atoms in total. The van der Waals surface area contributed by atoms with Crippen molar-refractivity contribution >= 4 is 38.4 Å². The predicted octanol–water partition coefficient (Wildman–Crippen LogP) is 6.34. The Bertz CT molecular complexity index is 847. The third-order valence-electron chi connectivity index (χ3n) is 3.22. The van der Waals surface area contributed by atoms with Gasteiger partial charge in [-0.25, -0.2) is 4.98 Å². The lowest BCUT2D eigenvalue weighted by molar-refractivity contribution is -0.136. The van der Waals surface area contributed by atoms with Crippen molar-refractivity contribution in [3.63, 3.8) is 0 Å². The van der Waals surface area contributed by atoms with E-state index >= 15 is 0 Å². The van der Waals surface area contributed by atoms with E-state index in [2.05, 4.69) is 20.9 Å². The zero-order valence-corrected chi connectivity index (χ0v) is 13.3. The quantitative estimate of drug-likeness (QED) is 0.476. The Kier molecular flexibility index (Phi) is 3.87. The first-order chi connectivity index (χ1) is 10.4. The van der Waals surface area contributed by atoms with Crippen LogP contribution in [0.3, 0.4) is 0 Å². The Hall–Kier alpha value is -1.59. The molecule has 0 atom stereocenters. The summed E-state index contributed by atoms with van der Waals surface area (Å²) >= 11 is 8.91. The van der Waals surface area contributed by atoms with Crippen molar-refractivity contribution in [1.82, 2.24) is 4.98 Å². The van der Waals surface area contributed by atoms with Crippen LogP contribution in [-0.4, -0.2) is 4.98 Å². The van der Waals surface area contributed by atoms with Crippen LogP contribution in [0.25, 0.3) is 22.2 Å². The van der Waals surface area contributed by atoms with Gasteiger partial charge in [0.2, 0.25) is 0 Å². The number of nitrogens with zero attached hydrogens (tertiary/aromatic N) is 1. The van der Waals surface area contributed by atoms with E-state index in [0.717, 1.165) is 0 Å². The van der Waals surface area contributed by atoms with Crippen molar-refractivity contribution < 1.29 is 13.2 Å². The first-order valence-corrected chi connectivity index (χ1v) is 7.46. The largest absolute Gasteiger partial charge is 0.418 e. The molecule has 1 heterocycles. The second-order valence-corrected chi connectivity index (χ2v) is 5.90. The number of hydrogen-bond acceptors (Lipinski definition) is 1. The maximum atomic E-state index is 13.5. The molecule has 0 bridgehead atoms. The summed E-state index contributed by atoms with van der Waals surface area (Å²) in [5.41, 5.74) is 0.345. The number of alkyl halides is 3. The molecule has 0 aliphatic heterocycles. The highest BCUT2D eigenvalue weighted by Crippen LogP contribution is 2.43. The lowest BCUT2D eigenvalue weighted by Crippen LogP contribution is -2.09. The molecule has 3 rings (SSSR count). The zero-order valence-electron chi connectivity index (χ0n) is 11.0. The molecule has 0 saturated carbocycles. The van der Waals surface area contributed by atoms with Crippen LogP contribution in [0.1, 0.15) is 5.56 Å². The highest BCUT2D eigenvalue weighted by Gasteiger charge is 2.37. The monoisotopic (exact) mass is 385 g/mol. The first-order valence-electron chi connectivity index (χ1n) is 6.29. The third kappa shape index (κ3) is 2.71. The number of fused-ring (bicyclic) bond motifs is 1. The molecule has 0 fully saturated rings. The van der Waals surface area contributed by atoms with Gasteiger partial charge in [-0.05, 0) is 34.1 Å². The minimum absolute atomic E-state index is 0.0217. The lowest BCUT2D eigenvalue weighted by atomic mass is 10.0. The molecule has 0 radical (unpaired) electrons. The van der Waals surface area contributed by atoms with Gasteiger partial charge >= 0.3 is 6.18 Å². The topological polar surface area (TPSA) is 12.9 Å². The van der Waals surface area contributed by atoms with Crippen LogP contribution in [0.15, 0.2) is 53.0 Å². The molecule has 0 N–H and O–H groups in total. The molecule has 22 heavy (non-hydrogen) atoms. The SMILES string of the molecule is FC(F)(F)c1c(Br)c(-c2ccccc2)nc2ccc(Cl)cc12. The van der Waals surface area contributed by atoms with Crippen molar-refractivity contribution in [3.05, 3.63) is 63.6 Å². The molecule has 2 aromatic carbocycles. The van der Waals surface area contributed by atoms with Crippen LogP contribution in [0.2, 0.25) is 5.02 Å². The van der Waals surface area contributed by atoms with Crippen LogP contribution in [-0.2, 0) is 6.18 Å². The summed E-state index contributed by atoms with van der Waals surface area (Å²) in [6.45, 7) is 0. The minimum Gasteiger partial charge on any atom is -0.247 e. The number of aromatic nitrogens is 1. The summed E-state index contributed by atoms with van der Waals surface area (Å²) in [4.78, 5) is 4.35. The molecule has 0 amide bonds. The Morgan fingerprint density at radius 2 is 1.68 bits per heavy atom. The van der Waals surface area contributed by atoms with Crippen LogP contribution < -0.4 is 0 Å². The summed E-state index contributed by atoms with van der Waals surface area (Å²) in [7, 11) is 0. The van der Waals surface area contributed by atoms with Gasteiger partial charge in [0.15, 0.2) is 0 Å². The van der Waals surface area contributed by atoms with Crippen LogP contribution in [0.4, 0.5) is 13.2 Å². The van der Waals surface area contributed by atoms with Gasteiger partial charge in [-0.3, -0.25) is 0 Å². The van der Waals surface area contributed by atoms with Crippen molar-refractivity contribution in [1.29, 1.82) is 0 Å². The van der Waals surface area contributed by atoms with Crippen LogP contribution in [0.5, 0.6) is 0 Å². The van der Waals surface area contributed by atoms with Crippen molar-refractivity contribution in [3.8, 4) is 11.3 Å². The zero-order chi connectivity index (χ0) is 15.9. The van der Waals surface area contributed by atoms with Gasteiger partial charge in [-0.2, -0.15) is 13.2 Å². The number of pyridine rings is 1. The lowest BCUT2D eigenvalue weighted by Gasteiger charge is -2.16. The fourth-order valence-corrected chi connectivity index (χ4v) is 3.20. The molecule has 1 aromatic heterocycles. The van der Waals surface area contributed by atoms with E-state index in [1.165, 1.54) is 18.2 Å². The Balaban J connectivity index is 2.42. The molecule has 6 heteroatoms. The maximum absolute atomic E-state index is 13.5. The maximum Gasteiger partial charge on any atom is 0.418 e. The number of halogens is 5. The summed E-state index contributed by atoms with van der Waals surface area (Å²) < 4.78 is 40.4. The average molecular weight is 387 g/mol. The van der Waals surface area contributed by atoms with Gasteiger partial charge < -0.3 is 0 Å². The van der Waals surface area contributed by atoms with Gasteiger partial charge in [-0.1, -0.05) is 41.9 Å². The standard InChI is InChI=1S/C16H8BrClF3N/c17-14-13(16(19,20)21)11-8-10(18)6-7-12(11)22-15(14)9-4-2-1-3-5-9/h1-8H. The molecule has 0 aliphatic carbocycles. The molecule has 0 spiro atoms. The molecule has 0 aliphatic rings. The molecule has 0 unspecified atom stereocenters. The highest BCUT2D eigenvalue weighted by molar-refractivity contribution is 9.10. The summed E-state index contributed by atoms with van der Waals surface area (Å²) in [6.07, 6.45) is -4.52. The van der Waals surface area contributed by atoms with E-state index in [9.17, 15) is 13.2 Å². The van der Waals surface area contributed by atoms with Crippen molar-refractivity contribution in [2.45, 2.75) is 6.18 Å². The van der Waals surface area contributed by atoms with Gasteiger partial charge in [-0.15, -0.1) is 0 Å². The summed E-state index contributed by atoms with van der Waals surface area (Å²) in [6, 6.07) is 13.0. The Morgan fingerprint density at radius 3 is 2.32 bits per heavy atom. The van der Waals surface area contributed by atoms with Gasteiger partial charge in [0.25, 0.3) is 0 Å². The number of rotatable bonds is 1. The molecule has 112 valence electrons. The van der Waals surface area contributed by atoms with E-state index in [0.29, 0.717) is 5.56 Å². The second kappa shape index (κ2) is 5.56.